The standard InChI is InChI=1S/C14H21NO2/c1-11(2)13-4-3-7-15-14(13)17-10-12-5-8-16-9-6-12/h3-4,7,11-12H,5-6,8-10H2,1-2H3. The summed E-state index contributed by atoms with van der Waals surface area (Å²) in [6.07, 6.45) is 4.00. The van der Waals surface area contributed by atoms with Crippen LogP contribution in [0, 0.1) is 5.92 Å². The van der Waals surface area contributed by atoms with Gasteiger partial charge in [-0.15, -0.1) is 0 Å². The summed E-state index contributed by atoms with van der Waals surface area (Å²) in [6, 6.07) is 4.06. The number of ether oxygens (including phenoxy) is 2. The summed E-state index contributed by atoms with van der Waals surface area (Å²) in [5.74, 6) is 1.87. The predicted molar refractivity (Wildman–Crippen MR) is 67.4 cm³/mol. The molecule has 0 spiro atoms. The molecule has 1 fully saturated rings. The maximum atomic E-state index is 5.87. The minimum Gasteiger partial charge on any atom is -0.477 e. The second-order valence-electron chi connectivity index (χ2n) is 4.92. The van der Waals surface area contributed by atoms with Crippen LogP contribution in [0.2, 0.25) is 0 Å². The number of hydrogen-bond donors (Lipinski definition) is 0. The highest BCUT2D eigenvalue weighted by Gasteiger charge is 2.16. The third-order valence-electron chi connectivity index (χ3n) is 3.22. The van der Waals surface area contributed by atoms with Crippen molar-refractivity contribution in [3.63, 3.8) is 0 Å². The summed E-state index contributed by atoms with van der Waals surface area (Å²) in [4.78, 5) is 4.33. The van der Waals surface area contributed by atoms with E-state index in [4.69, 9.17) is 9.47 Å². The molecule has 94 valence electrons. The Bertz CT molecular complexity index is 346. The Morgan fingerprint density at radius 2 is 2.18 bits per heavy atom. The van der Waals surface area contributed by atoms with E-state index in [1.165, 1.54) is 5.56 Å². The maximum Gasteiger partial charge on any atom is 0.216 e. The minimum atomic E-state index is 0.452. The van der Waals surface area contributed by atoms with Gasteiger partial charge >= 0.3 is 0 Å². The van der Waals surface area contributed by atoms with Crippen molar-refractivity contribution in [2.45, 2.75) is 32.6 Å². The molecule has 0 N–H and O–H groups in total. The summed E-state index contributed by atoms with van der Waals surface area (Å²) < 4.78 is 11.2. The van der Waals surface area contributed by atoms with E-state index in [9.17, 15) is 0 Å². The first kappa shape index (κ1) is 12.4. The lowest BCUT2D eigenvalue weighted by molar-refractivity contribution is 0.0488. The fourth-order valence-corrected chi connectivity index (χ4v) is 2.07. The van der Waals surface area contributed by atoms with Crippen molar-refractivity contribution in [3.8, 4) is 5.88 Å². The van der Waals surface area contributed by atoms with Crippen molar-refractivity contribution in [1.82, 2.24) is 4.98 Å². The largest absolute Gasteiger partial charge is 0.477 e. The maximum absolute atomic E-state index is 5.87. The molecule has 0 unspecified atom stereocenters. The van der Waals surface area contributed by atoms with Crippen molar-refractivity contribution in [2.75, 3.05) is 19.8 Å². The third kappa shape index (κ3) is 3.43. The number of aromatic nitrogens is 1. The molecule has 1 aliphatic rings. The van der Waals surface area contributed by atoms with Gasteiger partial charge in [0.2, 0.25) is 5.88 Å². The average Bonchev–Trinajstić information content (AvgIpc) is 2.38. The lowest BCUT2D eigenvalue weighted by Crippen LogP contribution is -2.22. The van der Waals surface area contributed by atoms with Gasteiger partial charge in [0.25, 0.3) is 0 Å². The van der Waals surface area contributed by atoms with E-state index in [0.29, 0.717) is 11.8 Å². The van der Waals surface area contributed by atoms with Gasteiger partial charge in [0, 0.05) is 25.0 Å². The minimum absolute atomic E-state index is 0.452. The molecule has 1 aliphatic heterocycles. The van der Waals surface area contributed by atoms with E-state index in [1.54, 1.807) is 6.20 Å². The fraction of sp³-hybridized carbons (Fsp3) is 0.643. The summed E-state index contributed by atoms with van der Waals surface area (Å²) in [7, 11) is 0. The van der Waals surface area contributed by atoms with E-state index in [0.717, 1.165) is 38.5 Å². The first-order chi connectivity index (χ1) is 8.27. The Morgan fingerprint density at radius 1 is 1.41 bits per heavy atom. The zero-order chi connectivity index (χ0) is 12.1. The van der Waals surface area contributed by atoms with Crippen LogP contribution < -0.4 is 4.74 Å². The summed E-state index contributed by atoms with van der Waals surface area (Å²) in [5, 5.41) is 0. The van der Waals surface area contributed by atoms with Gasteiger partial charge in [0.15, 0.2) is 0 Å². The first-order valence-electron chi connectivity index (χ1n) is 6.43. The van der Waals surface area contributed by atoms with E-state index in [2.05, 4.69) is 24.9 Å². The number of pyridine rings is 1. The molecule has 2 heterocycles. The van der Waals surface area contributed by atoms with Crippen LogP contribution in [0.1, 0.15) is 38.2 Å². The molecule has 0 aromatic carbocycles. The molecule has 0 amide bonds. The monoisotopic (exact) mass is 235 g/mol. The molecule has 0 radical (unpaired) electrons. The number of hydrogen-bond acceptors (Lipinski definition) is 3. The lowest BCUT2D eigenvalue weighted by atomic mass is 10.0. The van der Waals surface area contributed by atoms with Crippen LogP contribution in [0.3, 0.4) is 0 Å². The number of rotatable bonds is 4. The van der Waals surface area contributed by atoms with Crippen LogP contribution in [0.4, 0.5) is 0 Å². The highest BCUT2D eigenvalue weighted by molar-refractivity contribution is 5.28. The van der Waals surface area contributed by atoms with Gasteiger partial charge in [-0.05, 0) is 30.7 Å². The molecule has 1 aromatic rings. The quantitative estimate of drug-likeness (QED) is 0.804. The molecule has 17 heavy (non-hydrogen) atoms. The van der Waals surface area contributed by atoms with Gasteiger partial charge < -0.3 is 9.47 Å². The summed E-state index contributed by atoms with van der Waals surface area (Å²) in [5.41, 5.74) is 1.19. The Balaban J connectivity index is 1.93. The Kier molecular flexibility index (Phi) is 4.37. The average molecular weight is 235 g/mol. The van der Waals surface area contributed by atoms with Crippen molar-refractivity contribution < 1.29 is 9.47 Å². The van der Waals surface area contributed by atoms with Crippen LogP contribution in [0.15, 0.2) is 18.3 Å². The van der Waals surface area contributed by atoms with Gasteiger partial charge in [-0.3, -0.25) is 0 Å². The molecular formula is C14H21NO2. The third-order valence-corrected chi connectivity index (χ3v) is 3.22. The zero-order valence-electron chi connectivity index (χ0n) is 10.7. The van der Waals surface area contributed by atoms with Crippen LogP contribution in [-0.2, 0) is 4.74 Å². The predicted octanol–water partition coefficient (Wildman–Crippen LogP) is 3.01. The molecule has 3 nitrogen and oxygen atoms in total. The SMILES string of the molecule is CC(C)c1cccnc1OCC1CCOCC1. The fourth-order valence-electron chi connectivity index (χ4n) is 2.07. The highest BCUT2D eigenvalue weighted by atomic mass is 16.5. The molecule has 1 aromatic heterocycles. The summed E-state index contributed by atoms with van der Waals surface area (Å²) >= 11 is 0. The van der Waals surface area contributed by atoms with Gasteiger partial charge in [-0.2, -0.15) is 0 Å². The summed E-state index contributed by atoms with van der Waals surface area (Å²) in [6.45, 7) is 6.83. The Hall–Kier alpha value is -1.09. The van der Waals surface area contributed by atoms with Gasteiger partial charge in [-0.25, -0.2) is 4.98 Å². The van der Waals surface area contributed by atoms with Crippen molar-refractivity contribution in [3.05, 3.63) is 23.9 Å². The Morgan fingerprint density at radius 3 is 2.88 bits per heavy atom. The van der Waals surface area contributed by atoms with Gasteiger partial charge in [0.1, 0.15) is 0 Å². The second kappa shape index (κ2) is 6.01. The molecule has 0 bridgehead atoms. The molecule has 3 heteroatoms. The van der Waals surface area contributed by atoms with E-state index < -0.39 is 0 Å². The molecular weight excluding hydrogens is 214 g/mol. The first-order valence-corrected chi connectivity index (χ1v) is 6.43. The van der Waals surface area contributed by atoms with Gasteiger partial charge in [0.05, 0.1) is 6.61 Å². The molecule has 1 saturated heterocycles. The lowest BCUT2D eigenvalue weighted by Gasteiger charge is -2.22. The van der Waals surface area contributed by atoms with E-state index in [-0.39, 0.29) is 0 Å². The zero-order valence-corrected chi connectivity index (χ0v) is 10.7. The number of nitrogens with zero attached hydrogens (tertiary/aromatic N) is 1. The second-order valence-corrected chi connectivity index (χ2v) is 4.92. The van der Waals surface area contributed by atoms with Crippen LogP contribution in [0.5, 0.6) is 5.88 Å². The van der Waals surface area contributed by atoms with Crippen LogP contribution >= 0.6 is 0 Å². The van der Waals surface area contributed by atoms with Crippen molar-refractivity contribution in [2.24, 2.45) is 5.92 Å². The van der Waals surface area contributed by atoms with E-state index >= 15 is 0 Å². The smallest absolute Gasteiger partial charge is 0.216 e. The van der Waals surface area contributed by atoms with Crippen molar-refractivity contribution >= 4 is 0 Å². The normalized spacial score (nSPS) is 17.4. The van der Waals surface area contributed by atoms with Crippen LogP contribution in [-0.4, -0.2) is 24.8 Å². The topological polar surface area (TPSA) is 31.4 Å². The molecule has 2 rings (SSSR count). The van der Waals surface area contributed by atoms with Crippen LogP contribution in [0.25, 0.3) is 0 Å². The molecule has 0 atom stereocenters. The highest BCUT2D eigenvalue weighted by Crippen LogP contribution is 2.24. The van der Waals surface area contributed by atoms with E-state index in [1.807, 2.05) is 6.07 Å². The van der Waals surface area contributed by atoms with Crippen molar-refractivity contribution in [1.29, 1.82) is 0 Å². The molecule has 0 aliphatic carbocycles. The Labute approximate surface area is 103 Å². The van der Waals surface area contributed by atoms with Gasteiger partial charge in [-0.1, -0.05) is 19.9 Å². The molecule has 0 saturated carbocycles.